The third kappa shape index (κ3) is 4.92. The molecular weight excluding hydrogens is 352 g/mol. The van der Waals surface area contributed by atoms with E-state index in [2.05, 4.69) is 0 Å². The molecule has 0 unspecified atom stereocenters. The van der Waals surface area contributed by atoms with Crippen LogP contribution in [0.3, 0.4) is 0 Å². The van der Waals surface area contributed by atoms with Gasteiger partial charge in [-0.25, -0.2) is 8.42 Å². The zero-order chi connectivity index (χ0) is 18.0. The molecule has 1 saturated heterocycles. The van der Waals surface area contributed by atoms with Crippen LogP contribution in [0.15, 0.2) is 29.2 Å². The van der Waals surface area contributed by atoms with Crippen LogP contribution in [0.5, 0.6) is 0 Å². The summed E-state index contributed by atoms with van der Waals surface area (Å²) >= 11 is 6.01. The van der Waals surface area contributed by atoms with Crippen LogP contribution in [0.4, 0.5) is 0 Å². The van der Waals surface area contributed by atoms with Gasteiger partial charge in [-0.2, -0.15) is 4.31 Å². The number of halogens is 1. The summed E-state index contributed by atoms with van der Waals surface area (Å²) in [4.78, 5) is 13.9. The van der Waals surface area contributed by atoms with Crippen LogP contribution in [-0.4, -0.2) is 61.9 Å². The second kappa shape index (κ2) is 7.39. The first-order valence-electron chi connectivity index (χ1n) is 7.78. The summed E-state index contributed by atoms with van der Waals surface area (Å²) in [6.45, 7) is 7.20. The highest BCUT2D eigenvalue weighted by molar-refractivity contribution is 7.89. The zero-order valence-corrected chi connectivity index (χ0v) is 15.7. The molecule has 6 nitrogen and oxygen atoms in total. The number of sulfonamides is 1. The van der Waals surface area contributed by atoms with Crippen LogP contribution in [0, 0.1) is 0 Å². The summed E-state index contributed by atoms with van der Waals surface area (Å²) in [7, 11) is -3.61. The molecule has 0 atom stereocenters. The molecule has 2 rings (SSSR count). The Bertz CT molecular complexity index is 692. The fourth-order valence-corrected chi connectivity index (χ4v) is 4.39. The van der Waals surface area contributed by atoms with E-state index in [1.54, 1.807) is 18.2 Å². The van der Waals surface area contributed by atoms with E-state index in [0.717, 1.165) is 0 Å². The molecule has 8 heteroatoms. The number of hydrogen-bond acceptors (Lipinski definition) is 5. The van der Waals surface area contributed by atoms with E-state index in [-0.39, 0.29) is 22.4 Å². The van der Waals surface area contributed by atoms with Crippen molar-refractivity contribution >= 4 is 27.6 Å². The third-order valence-electron chi connectivity index (χ3n) is 3.56. The van der Waals surface area contributed by atoms with Crippen molar-refractivity contribution in [1.29, 1.82) is 0 Å². The Morgan fingerprint density at radius 3 is 2.29 bits per heavy atom. The highest BCUT2D eigenvalue weighted by atomic mass is 35.5. The van der Waals surface area contributed by atoms with Crippen LogP contribution in [0.1, 0.15) is 20.8 Å². The lowest BCUT2D eigenvalue weighted by molar-refractivity contribution is -0.156. The van der Waals surface area contributed by atoms with Gasteiger partial charge in [-0.3, -0.25) is 9.69 Å². The molecule has 1 aliphatic heterocycles. The predicted octanol–water partition coefficient (Wildman–Crippen LogP) is 1.99. The van der Waals surface area contributed by atoms with Gasteiger partial charge in [0.25, 0.3) is 0 Å². The Balaban J connectivity index is 1.95. The molecule has 0 N–H and O–H groups in total. The number of carbonyl (C=O) groups excluding carboxylic acids is 1. The molecule has 0 aromatic heterocycles. The Labute approximate surface area is 148 Å². The maximum atomic E-state index is 12.7. The largest absolute Gasteiger partial charge is 0.459 e. The van der Waals surface area contributed by atoms with Crippen LogP contribution in [-0.2, 0) is 19.6 Å². The van der Waals surface area contributed by atoms with Gasteiger partial charge in [-0.1, -0.05) is 23.7 Å². The van der Waals surface area contributed by atoms with E-state index in [0.29, 0.717) is 26.2 Å². The van der Waals surface area contributed by atoms with Crippen LogP contribution < -0.4 is 0 Å². The molecule has 1 aromatic carbocycles. The Morgan fingerprint density at radius 1 is 1.17 bits per heavy atom. The summed E-state index contributed by atoms with van der Waals surface area (Å²) < 4.78 is 32.0. The van der Waals surface area contributed by atoms with Crippen molar-refractivity contribution in [3.63, 3.8) is 0 Å². The summed E-state index contributed by atoms with van der Waals surface area (Å²) in [6, 6.07) is 6.41. The number of ether oxygens (including phenoxy) is 1. The highest BCUT2D eigenvalue weighted by Gasteiger charge is 2.30. The Kier molecular flexibility index (Phi) is 5.91. The third-order valence-corrected chi connectivity index (χ3v) is 5.96. The van der Waals surface area contributed by atoms with Gasteiger partial charge in [0.05, 0.1) is 11.6 Å². The summed E-state index contributed by atoms with van der Waals surface area (Å²) in [5, 5.41) is 0.216. The normalized spacial score (nSPS) is 17.7. The molecular formula is C16H23ClN2O4S. The molecule has 1 fully saturated rings. The van der Waals surface area contributed by atoms with Crippen molar-refractivity contribution in [3.05, 3.63) is 29.3 Å². The fourth-order valence-electron chi connectivity index (χ4n) is 2.48. The number of esters is 1. The molecule has 1 aliphatic rings. The van der Waals surface area contributed by atoms with Crippen LogP contribution in [0.2, 0.25) is 5.02 Å². The van der Waals surface area contributed by atoms with E-state index in [1.807, 2.05) is 25.7 Å². The topological polar surface area (TPSA) is 66.9 Å². The van der Waals surface area contributed by atoms with Gasteiger partial charge in [0.1, 0.15) is 10.5 Å². The van der Waals surface area contributed by atoms with Gasteiger partial charge in [-0.15, -0.1) is 0 Å². The van der Waals surface area contributed by atoms with Gasteiger partial charge in [0.15, 0.2) is 0 Å². The van der Waals surface area contributed by atoms with Crippen molar-refractivity contribution in [2.45, 2.75) is 31.3 Å². The molecule has 1 aromatic rings. The predicted molar refractivity (Wildman–Crippen MR) is 92.5 cm³/mol. The van der Waals surface area contributed by atoms with Gasteiger partial charge in [-0.05, 0) is 32.9 Å². The number of rotatable bonds is 4. The number of hydrogen-bond donors (Lipinski definition) is 0. The molecule has 0 aliphatic carbocycles. The first kappa shape index (κ1) is 19.2. The monoisotopic (exact) mass is 374 g/mol. The average Bonchev–Trinajstić information content (AvgIpc) is 2.46. The maximum Gasteiger partial charge on any atom is 0.320 e. The second-order valence-electron chi connectivity index (χ2n) is 6.70. The standard InChI is InChI=1S/C16H23ClN2O4S/c1-16(2,3)23-15(20)12-18-8-10-19(11-9-18)24(21,22)14-7-5-4-6-13(14)17/h4-7H,8-12H2,1-3H3. The summed E-state index contributed by atoms with van der Waals surface area (Å²) in [5.74, 6) is -0.301. The van der Waals surface area contributed by atoms with E-state index < -0.39 is 15.6 Å². The van der Waals surface area contributed by atoms with Crippen molar-refractivity contribution in [2.24, 2.45) is 0 Å². The lowest BCUT2D eigenvalue weighted by Gasteiger charge is -2.34. The van der Waals surface area contributed by atoms with Crippen molar-refractivity contribution in [3.8, 4) is 0 Å². The lowest BCUT2D eigenvalue weighted by atomic mass is 10.2. The molecule has 0 amide bonds. The lowest BCUT2D eigenvalue weighted by Crippen LogP contribution is -2.50. The minimum atomic E-state index is -3.61. The Morgan fingerprint density at radius 2 is 1.75 bits per heavy atom. The molecule has 134 valence electrons. The SMILES string of the molecule is CC(C)(C)OC(=O)CN1CCN(S(=O)(=O)c2ccccc2Cl)CC1. The zero-order valence-electron chi connectivity index (χ0n) is 14.2. The smallest absolute Gasteiger partial charge is 0.320 e. The molecule has 0 radical (unpaired) electrons. The molecule has 0 bridgehead atoms. The minimum absolute atomic E-state index is 0.118. The molecule has 0 spiro atoms. The second-order valence-corrected chi connectivity index (χ2v) is 9.01. The highest BCUT2D eigenvalue weighted by Crippen LogP contribution is 2.25. The first-order chi connectivity index (χ1) is 11.1. The van der Waals surface area contributed by atoms with Gasteiger partial charge in [0, 0.05) is 26.2 Å². The number of nitrogens with zero attached hydrogens (tertiary/aromatic N) is 2. The van der Waals surface area contributed by atoms with E-state index in [1.165, 1.54) is 10.4 Å². The maximum absolute atomic E-state index is 12.7. The van der Waals surface area contributed by atoms with Crippen molar-refractivity contribution < 1.29 is 17.9 Å². The van der Waals surface area contributed by atoms with Gasteiger partial charge in [0.2, 0.25) is 10.0 Å². The van der Waals surface area contributed by atoms with Crippen molar-refractivity contribution in [1.82, 2.24) is 9.21 Å². The summed E-state index contributed by atoms with van der Waals surface area (Å²) in [5.41, 5.74) is -0.522. The van der Waals surface area contributed by atoms with Gasteiger partial charge >= 0.3 is 5.97 Å². The van der Waals surface area contributed by atoms with Crippen LogP contribution in [0.25, 0.3) is 0 Å². The molecule has 24 heavy (non-hydrogen) atoms. The molecule has 0 saturated carbocycles. The number of piperazine rings is 1. The summed E-state index contributed by atoms with van der Waals surface area (Å²) in [6.07, 6.45) is 0. The molecule has 1 heterocycles. The Hall–Kier alpha value is -1.15. The first-order valence-corrected chi connectivity index (χ1v) is 9.60. The fraction of sp³-hybridized carbons (Fsp3) is 0.562. The number of carbonyl (C=O) groups is 1. The minimum Gasteiger partial charge on any atom is -0.459 e. The van der Waals surface area contributed by atoms with E-state index >= 15 is 0 Å². The number of benzene rings is 1. The quantitative estimate of drug-likeness (QED) is 0.754. The van der Waals surface area contributed by atoms with E-state index in [4.69, 9.17) is 16.3 Å². The van der Waals surface area contributed by atoms with Crippen molar-refractivity contribution in [2.75, 3.05) is 32.7 Å². The van der Waals surface area contributed by atoms with E-state index in [9.17, 15) is 13.2 Å². The average molecular weight is 375 g/mol. The van der Waals surface area contributed by atoms with Gasteiger partial charge < -0.3 is 4.74 Å². The van der Waals surface area contributed by atoms with Crippen LogP contribution >= 0.6 is 11.6 Å².